The van der Waals surface area contributed by atoms with Crippen molar-refractivity contribution in [3.63, 3.8) is 0 Å². The molecule has 3 rings (SSSR count). The lowest BCUT2D eigenvalue weighted by atomic mass is 10.2. The van der Waals surface area contributed by atoms with Crippen LogP contribution in [0.4, 0.5) is 0 Å². The average Bonchev–Trinajstić information content (AvgIpc) is 3.18. The fraction of sp³-hybridized carbons (Fsp3) is 0.263. The van der Waals surface area contributed by atoms with Gasteiger partial charge in [-0.2, -0.15) is 5.10 Å². The molecule has 0 saturated carbocycles. The van der Waals surface area contributed by atoms with Crippen LogP contribution in [-0.2, 0) is 20.2 Å². The topological polar surface area (TPSA) is 69.3 Å². The van der Waals surface area contributed by atoms with E-state index in [1.165, 1.54) is 0 Å². The lowest BCUT2D eigenvalue weighted by Crippen LogP contribution is -2.23. The van der Waals surface area contributed by atoms with E-state index in [4.69, 9.17) is 32.4 Å². The molecule has 0 spiro atoms. The van der Waals surface area contributed by atoms with E-state index in [-0.39, 0.29) is 18.3 Å². The summed E-state index contributed by atoms with van der Waals surface area (Å²) < 4.78 is 13.0. The van der Waals surface area contributed by atoms with Gasteiger partial charge < -0.3 is 14.5 Å². The Bertz CT molecular complexity index is 979. The van der Waals surface area contributed by atoms with Crippen molar-refractivity contribution in [3.8, 4) is 5.75 Å². The Hall–Kier alpha value is -2.44. The first-order chi connectivity index (χ1) is 12.8. The van der Waals surface area contributed by atoms with Crippen LogP contribution in [0.5, 0.6) is 5.75 Å². The number of nitrogens with one attached hydrogen (secondary N) is 1. The highest BCUT2D eigenvalue weighted by Crippen LogP contribution is 2.28. The second-order valence-electron chi connectivity index (χ2n) is 6.09. The van der Waals surface area contributed by atoms with Gasteiger partial charge in [-0.05, 0) is 44.2 Å². The zero-order valence-electron chi connectivity index (χ0n) is 15.2. The van der Waals surface area contributed by atoms with Crippen LogP contribution in [0.15, 0.2) is 34.7 Å². The molecule has 0 atom stereocenters. The molecule has 1 N–H and O–H groups in total. The van der Waals surface area contributed by atoms with E-state index in [0.717, 1.165) is 17.0 Å². The molecule has 0 radical (unpaired) electrons. The zero-order valence-corrected chi connectivity index (χ0v) is 16.7. The molecule has 3 aromatic rings. The molecule has 8 heteroatoms. The first-order valence-electron chi connectivity index (χ1n) is 8.29. The number of hydrogen-bond acceptors (Lipinski definition) is 4. The fourth-order valence-electron chi connectivity index (χ4n) is 2.65. The van der Waals surface area contributed by atoms with Gasteiger partial charge in [0.15, 0.2) is 5.76 Å². The summed E-state index contributed by atoms with van der Waals surface area (Å²) in [6, 6.07) is 8.27. The van der Waals surface area contributed by atoms with Gasteiger partial charge in [-0.3, -0.25) is 9.48 Å². The Balaban J connectivity index is 1.58. The summed E-state index contributed by atoms with van der Waals surface area (Å²) in [6.45, 7) is 4.41. The Kier molecular flexibility index (Phi) is 5.77. The Labute approximate surface area is 167 Å². The van der Waals surface area contributed by atoms with Crippen LogP contribution in [0.2, 0.25) is 10.0 Å². The summed E-state index contributed by atoms with van der Waals surface area (Å²) in [6.07, 6.45) is 0. The van der Waals surface area contributed by atoms with E-state index >= 15 is 0 Å². The smallest absolute Gasteiger partial charge is 0.287 e. The van der Waals surface area contributed by atoms with Crippen molar-refractivity contribution in [1.29, 1.82) is 0 Å². The van der Waals surface area contributed by atoms with Gasteiger partial charge in [-0.15, -0.1) is 0 Å². The number of carbonyl (C=O) groups excluding carboxylic acids is 1. The van der Waals surface area contributed by atoms with Gasteiger partial charge in [0.2, 0.25) is 0 Å². The maximum atomic E-state index is 12.3. The molecule has 6 nitrogen and oxygen atoms in total. The summed E-state index contributed by atoms with van der Waals surface area (Å²) in [5.74, 6) is 0.925. The van der Waals surface area contributed by atoms with E-state index in [9.17, 15) is 4.79 Å². The molecule has 0 aliphatic rings. The van der Waals surface area contributed by atoms with E-state index in [1.807, 2.05) is 20.9 Å². The second-order valence-corrected chi connectivity index (χ2v) is 6.93. The van der Waals surface area contributed by atoms with Crippen LogP contribution in [0.3, 0.4) is 0 Å². The van der Waals surface area contributed by atoms with Crippen molar-refractivity contribution >= 4 is 29.1 Å². The molecule has 1 aromatic carbocycles. The maximum absolute atomic E-state index is 12.3. The number of rotatable bonds is 6. The van der Waals surface area contributed by atoms with Gasteiger partial charge in [0.1, 0.15) is 18.1 Å². The maximum Gasteiger partial charge on any atom is 0.287 e. The molecule has 0 unspecified atom stereocenters. The largest absolute Gasteiger partial charge is 0.484 e. The van der Waals surface area contributed by atoms with E-state index < -0.39 is 0 Å². The van der Waals surface area contributed by atoms with Crippen LogP contribution in [0.25, 0.3) is 0 Å². The molecule has 142 valence electrons. The van der Waals surface area contributed by atoms with E-state index in [1.54, 1.807) is 35.0 Å². The lowest BCUT2D eigenvalue weighted by Gasteiger charge is -2.06. The molecule has 1 amide bonds. The number of ether oxygens (including phenoxy) is 1. The average molecular weight is 408 g/mol. The number of amides is 1. The molecule has 0 aliphatic heterocycles. The van der Waals surface area contributed by atoms with Crippen LogP contribution in [-0.4, -0.2) is 15.7 Å². The standard InChI is InChI=1S/C19H19Cl2N3O3/c1-11-15(12(2)24(3)23-11)9-22-19(25)18-7-5-14(27-18)10-26-17-6-4-13(20)8-16(17)21/h4-8H,9-10H2,1-3H3,(H,22,25). The number of hydrogen-bond donors (Lipinski definition) is 1. The predicted octanol–water partition coefficient (Wildman–Crippen LogP) is 4.45. The third-order valence-corrected chi connectivity index (χ3v) is 4.76. The first-order valence-corrected chi connectivity index (χ1v) is 9.04. The van der Waals surface area contributed by atoms with Crippen LogP contribution in [0, 0.1) is 13.8 Å². The Morgan fingerprint density at radius 1 is 1.26 bits per heavy atom. The molecular weight excluding hydrogens is 389 g/mol. The molecule has 2 aromatic heterocycles. The van der Waals surface area contributed by atoms with Crippen molar-refractivity contribution in [2.24, 2.45) is 7.05 Å². The first kappa shape index (κ1) is 19.3. The van der Waals surface area contributed by atoms with E-state index in [0.29, 0.717) is 28.1 Å². The monoisotopic (exact) mass is 407 g/mol. The predicted molar refractivity (Wildman–Crippen MR) is 103 cm³/mol. The Morgan fingerprint density at radius 2 is 2.04 bits per heavy atom. The van der Waals surface area contributed by atoms with Gasteiger partial charge in [0, 0.05) is 29.9 Å². The van der Waals surface area contributed by atoms with Gasteiger partial charge in [-0.1, -0.05) is 23.2 Å². The van der Waals surface area contributed by atoms with Crippen molar-refractivity contribution in [3.05, 3.63) is 68.8 Å². The third kappa shape index (κ3) is 4.46. The number of nitrogens with zero attached hydrogens (tertiary/aromatic N) is 2. The van der Waals surface area contributed by atoms with Crippen LogP contribution < -0.4 is 10.1 Å². The van der Waals surface area contributed by atoms with Gasteiger partial charge in [-0.25, -0.2) is 0 Å². The lowest BCUT2D eigenvalue weighted by molar-refractivity contribution is 0.0919. The zero-order chi connectivity index (χ0) is 19.6. The number of furan rings is 1. The summed E-state index contributed by atoms with van der Waals surface area (Å²) in [4.78, 5) is 12.3. The summed E-state index contributed by atoms with van der Waals surface area (Å²) >= 11 is 11.9. The van der Waals surface area contributed by atoms with Gasteiger partial charge >= 0.3 is 0 Å². The van der Waals surface area contributed by atoms with Crippen molar-refractivity contribution < 1.29 is 13.9 Å². The van der Waals surface area contributed by atoms with Crippen molar-refractivity contribution in [2.75, 3.05) is 0 Å². The van der Waals surface area contributed by atoms with Gasteiger partial charge in [0.05, 0.1) is 10.7 Å². The highest BCUT2D eigenvalue weighted by Gasteiger charge is 2.15. The van der Waals surface area contributed by atoms with Crippen LogP contribution >= 0.6 is 23.2 Å². The molecule has 0 saturated heterocycles. The molecule has 0 fully saturated rings. The SMILES string of the molecule is Cc1nn(C)c(C)c1CNC(=O)c1ccc(COc2ccc(Cl)cc2Cl)o1. The number of carbonyl (C=O) groups is 1. The van der Waals surface area contributed by atoms with Crippen LogP contribution in [0.1, 0.15) is 33.3 Å². The highest BCUT2D eigenvalue weighted by molar-refractivity contribution is 6.35. The quantitative estimate of drug-likeness (QED) is 0.655. The molecule has 27 heavy (non-hydrogen) atoms. The number of halogens is 2. The van der Waals surface area contributed by atoms with Crippen molar-refractivity contribution in [1.82, 2.24) is 15.1 Å². The summed E-state index contributed by atoms with van der Waals surface area (Å²) in [7, 11) is 1.87. The van der Waals surface area contributed by atoms with Gasteiger partial charge in [0.25, 0.3) is 5.91 Å². The summed E-state index contributed by atoms with van der Waals surface area (Å²) in [5, 5.41) is 8.13. The fourth-order valence-corrected chi connectivity index (χ4v) is 3.11. The van der Waals surface area contributed by atoms with Crippen molar-refractivity contribution in [2.45, 2.75) is 27.0 Å². The molecule has 0 bridgehead atoms. The minimum absolute atomic E-state index is 0.148. The molecule has 2 heterocycles. The molecular formula is C19H19Cl2N3O3. The minimum Gasteiger partial charge on any atom is -0.484 e. The summed E-state index contributed by atoms with van der Waals surface area (Å²) in [5.41, 5.74) is 2.91. The third-order valence-electron chi connectivity index (χ3n) is 4.23. The number of aryl methyl sites for hydroxylation is 2. The second kappa shape index (κ2) is 8.06. The van der Waals surface area contributed by atoms with E-state index in [2.05, 4.69) is 10.4 Å². The normalized spacial score (nSPS) is 10.9. The highest BCUT2D eigenvalue weighted by atomic mass is 35.5. The minimum atomic E-state index is -0.298. The number of benzene rings is 1. The number of aromatic nitrogens is 2. The molecule has 0 aliphatic carbocycles. The Morgan fingerprint density at radius 3 is 2.70 bits per heavy atom.